The average molecular weight is 269 g/mol. The Balaban J connectivity index is 2.18. The molecule has 0 bridgehead atoms. The number of nitrogens with zero attached hydrogens (tertiary/aromatic N) is 2. The monoisotopic (exact) mass is 269 g/mol. The lowest BCUT2D eigenvalue weighted by Crippen LogP contribution is -2.14. The fourth-order valence-electron chi connectivity index (χ4n) is 1.75. The lowest BCUT2D eigenvalue weighted by atomic mass is 10.1. The summed E-state index contributed by atoms with van der Waals surface area (Å²) < 4.78 is 0. The lowest BCUT2D eigenvalue weighted by molar-refractivity contribution is 0.0985. The van der Waals surface area contributed by atoms with E-state index in [1.165, 1.54) is 6.20 Å². The Bertz CT molecular complexity index is 653. The van der Waals surface area contributed by atoms with Crippen molar-refractivity contribution in [3.8, 4) is 0 Å². The van der Waals surface area contributed by atoms with E-state index in [1.54, 1.807) is 44.2 Å². The van der Waals surface area contributed by atoms with Crippen molar-refractivity contribution in [2.45, 2.75) is 20.3 Å². The smallest absolute Gasteiger partial charge is 0.274 e. The molecule has 0 saturated heterocycles. The van der Waals surface area contributed by atoms with Crippen LogP contribution in [0.2, 0.25) is 0 Å². The maximum Gasteiger partial charge on any atom is 0.274 e. The molecular weight excluding hydrogens is 254 g/mol. The van der Waals surface area contributed by atoms with Crippen molar-refractivity contribution in [1.82, 2.24) is 9.97 Å². The summed E-state index contributed by atoms with van der Waals surface area (Å²) in [6.45, 7) is 3.52. The second kappa shape index (κ2) is 6.06. The summed E-state index contributed by atoms with van der Waals surface area (Å²) >= 11 is 0. The van der Waals surface area contributed by atoms with Gasteiger partial charge in [0, 0.05) is 23.9 Å². The molecule has 0 aliphatic heterocycles. The maximum absolute atomic E-state index is 12.0. The average Bonchev–Trinajstić information content (AvgIpc) is 2.46. The SMILES string of the molecule is CCC(=O)c1cccc(NC(=O)c2ccnc(C)n2)c1. The zero-order valence-corrected chi connectivity index (χ0v) is 11.4. The van der Waals surface area contributed by atoms with E-state index in [-0.39, 0.29) is 11.7 Å². The van der Waals surface area contributed by atoms with Gasteiger partial charge in [-0.1, -0.05) is 19.1 Å². The number of carbonyl (C=O) groups is 2. The molecule has 0 aliphatic carbocycles. The van der Waals surface area contributed by atoms with Crippen LogP contribution in [0.3, 0.4) is 0 Å². The van der Waals surface area contributed by atoms with E-state index in [4.69, 9.17) is 0 Å². The number of aryl methyl sites for hydroxylation is 1. The van der Waals surface area contributed by atoms with Gasteiger partial charge in [-0.3, -0.25) is 9.59 Å². The van der Waals surface area contributed by atoms with E-state index in [1.807, 2.05) is 0 Å². The maximum atomic E-state index is 12.0. The van der Waals surface area contributed by atoms with Crippen LogP contribution in [0, 0.1) is 6.92 Å². The molecule has 1 N–H and O–H groups in total. The Hall–Kier alpha value is -2.56. The van der Waals surface area contributed by atoms with Gasteiger partial charge in [0.2, 0.25) is 0 Å². The second-order valence-electron chi connectivity index (χ2n) is 4.30. The molecule has 1 heterocycles. The number of nitrogens with one attached hydrogen (secondary N) is 1. The highest BCUT2D eigenvalue weighted by atomic mass is 16.2. The third kappa shape index (κ3) is 3.26. The minimum Gasteiger partial charge on any atom is -0.321 e. The molecule has 20 heavy (non-hydrogen) atoms. The molecule has 0 radical (unpaired) electrons. The zero-order valence-electron chi connectivity index (χ0n) is 11.4. The number of benzene rings is 1. The molecule has 1 aromatic carbocycles. The molecule has 2 aromatic rings. The first kappa shape index (κ1) is 13.9. The van der Waals surface area contributed by atoms with Gasteiger partial charge >= 0.3 is 0 Å². The van der Waals surface area contributed by atoms with Crippen LogP contribution in [-0.4, -0.2) is 21.7 Å². The number of ketones is 1. The highest BCUT2D eigenvalue weighted by molar-refractivity contribution is 6.04. The molecule has 0 aliphatic rings. The summed E-state index contributed by atoms with van der Waals surface area (Å²) in [5.74, 6) is 0.253. The standard InChI is InChI=1S/C15H15N3O2/c1-3-14(19)11-5-4-6-12(9-11)18-15(20)13-7-8-16-10(2)17-13/h4-9H,3H2,1-2H3,(H,18,20). The number of hydrogen-bond acceptors (Lipinski definition) is 4. The topological polar surface area (TPSA) is 72.0 Å². The van der Waals surface area contributed by atoms with Crippen molar-refractivity contribution in [1.29, 1.82) is 0 Å². The first-order chi connectivity index (χ1) is 9.60. The Morgan fingerprint density at radius 1 is 1.25 bits per heavy atom. The van der Waals surface area contributed by atoms with Gasteiger partial charge in [0.15, 0.2) is 5.78 Å². The van der Waals surface area contributed by atoms with E-state index in [9.17, 15) is 9.59 Å². The molecular formula is C15H15N3O2. The van der Waals surface area contributed by atoms with E-state index in [0.717, 1.165) is 0 Å². The van der Waals surface area contributed by atoms with Crippen LogP contribution >= 0.6 is 0 Å². The number of amides is 1. The van der Waals surface area contributed by atoms with Crippen LogP contribution in [-0.2, 0) is 0 Å². The largest absolute Gasteiger partial charge is 0.321 e. The van der Waals surface area contributed by atoms with Gasteiger partial charge in [-0.25, -0.2) is 9.97 Å². The predicted octanol–water partition coefficient (Wildman–Crippen LogP) is 2.63. The Labute approximate surface area is 117 Å². The summed E-state index contributed by atoms with van der Waals surface area (Å²) in [4.78, 5) is 31.7. The number of hydrogen-bond donors (Lipinski definition) is 1. The molecule has 5 nitrogen and oxygen atoms in total. The molecule has 0 saturated carbocycles. The van der Waals surface area contributed by atoms with Gasteiger partial charge in [0.05, 0.1) is 0 Å². The molecule has 0 spiro atoms. The molecule has 5 heteroatoms. The summed E-state index contributed by atoms with van der Waals surface area (Å²) in [5.41, 5.74) is 1.46. The molecule has 1 amide bonds. The van der Waals surface area contributed by atoms with E-state index in [0.29, 0.717) is 29.2 Å². The van der Waals surface area contributed by atoms with Gasteiger partial charge < -0.3 is 5.32 Å². The van der Waals surface area contributed by atoms with E-state index < -0.39 is 0 Å². The molecule has 102 valence electrons. The van der Waals surface area contributed by atoms with Crippen molar-refractivity contribution < 1.29 is 9.59 Å². The van der Waals surface area contributed by atoms with Crippen LogP contribution < -0.4 is 5.32 Å². The fourth-order valence-corrected chi connectivity index (χ4v) is 1.75. The van der Waals surface area contributed by atoms with Crippen LogP contribution in [0.4, 0.5) is 5.69 Å². The summed E-state index contributed by atoms with van der Waals surface area (Å²) in [6.07, 6.45) is 1.97. The molecule has 0 unspecified atom stereocenters. The van der Waals surface area contributed by atoms with Crippen molar-refractivity contribution in [3.63, 3.8) is 0 Å². The number of Topliss-reactive ketones (excluding diaryl/α,β-unsaturated/α-hetero) is 1. The Morgan fingerprint density at radius 3 is 2.75 bits per heavy atom. The number of carbonyl (C=O) groups excluding carboxylic acids is 2. The van der Waals surface area contributed by atoms with Crippen LogP contribution in [0.25, 0.3) is 0 Å². The number of aromatic nitrogens is 2. The van der Waals surface area contributed by atoms with Gasteiger partial charge in [-0.15, -0.1) is 0 Å². The Morgan fingerprint density at radius 2 is 2.05 bits per heavy atom. The summed E-state index contributed by atoms with van der Waals surface area (Å²) in [5, 5.41) is 2.72. The molecule has 1 aromatic heterocycles. The third-order valence-electron chi connectivity index (χ3n) is 2.77. The normalized spacial score (nSPS) is 10.1. The number of rotatable bonds is 4. The second-order valence-corrected chi connectivity index (χ2v) is 4.30. The van der Waals surface area contributed by atoms with Crippen molar-refractivity contribution in [2.24, 2.45) is 0 Å². The lowest BCUT2D eigenvalue weighted by Gasteiger charge is -2.06. The molecule has 0 fully saturated rings. The van der Waals surface area contributed by atoms with Crippen molar-refractivity contribution in [2.75, 3.05) is 5.32 Å². The van der Waals surface area contributed by atoms with E-state index >= 15 is 0 Å². The van der Waals surface area contributed by atoms with Gasteiger partial charge in [-0.05, 0) is 25.1 Å². The first-order valence-corrected chi connectivity index (χ1v) is 6.34. The van der Waals surface area contributed by atoms with Crippen molar-refractivity contribution in [3.05, 3.63) is 53.6 Å². The quantitative estimate of drug-likeness (QED) is 0.866. The fraction of sp³-hybridized carbons (Fsp3) is 0.200. The van der Waals surface area contributed by atoms with Crippen LogP contribution in [0.15, 0.2) is 36.5 Å². The highest BCUT2D eigenvalue weighted by Crippen LogP contribution is 2.13. The van der Waals surface area contributed by atoms with Crippen molar-refractivity contribution >= 4 is 17.4 Å². The highest BCUT2D eigenvalue weighted by Gasteiger charge is 2.09. The predicted molar refractivity (Wildman–Crippen MR) is 75.8 cm³/mol. The minimum atomic E-state index is -0.323. The molecule has 2 rings (SSSR count). The zero-order chi connectivity index (χ0) is 14.5. The summed E-state index contributed by atoms with van der Waals surface area (Å²) in [7, 11) is 0. The summed E-state index contributed by atoms with van der Waals surface area (Å²) in [6, 6.07) is 8.42. The van der Waals surface area contributed by atoms with Crippen LogP contribution in [0.5, 0.6) is 0 Å². The minimum absolute atomic E-state index is 0.0407. The molecule has 0 atom stereocenters. The van der Waals surface area contributed by atoms with Crippen LogP contribution in [0.1, 0.15) is 40.0 Å². The Kier molecular flexibility index (Phi) is 4.20. The van der Waals surface area contributed by atoms with Gasteiger partial charge in [0.1, 0.15) is 11.5 Å². The van der Waals surface area contributed by atoms with Gasteiger partial charge in [0.25, 0.3) is 5.91 Å². The third-order valence-corrected chi connectivity index (χ3v) is 2.77. The number of anilines is 1. The first-order valence-electron chi connectivity index (χ1n) is 6.34. The van der Waals surface area contributed by atoms with E-state index in [2.05, 4.69) is 15.3 Å². The van der Waals surface area contributed by atoms with Gasteiger partial charge in [-0.2, -0.15) is 0 Å².